The van der Waals surface area contributed by atoms with Gasteiger partial charge in [-0.05, 0) is 23.6 Å². The summed E-state index contributed by atoms with van der Waals surface area (Å²) in [5.41, 5.74) is 6.19. The Morgan fingerprint density at radius 3 is 2.06 bits per heavy atom. The van der Waals surface area contributed by atoms with E-state index >= 15 is 0 Å². The van der Waals surface area contributed by atoms with Crippen molar-refractivity contribution < 1.29 is 43.3 Å². The van der Waals surface area contributed by atoms with Crippen molar-refractivity contribution in [2.24, 2.45) is 11.7 Å². The predicted octanol–water partition coefficient (Wildman–Crippen LogP) is 3.37. The average molecular weight is 743 g/mol. The Bertz CT molecular complexity index is 1150. The number of nitrogens with one attached hydrogen (secondary N) is 5. The minimum Gasteiger partial charge on any atom is -0.463 e. The van der Waals surface area contributed by atoms with Gasteiger partial charge in [0.1, 0.15) is 24.5 Å². The van der Waals surface area contributed by atoms with E-state index in [1.54, 1.807) is 19.9 Å². The summed E-state index contributed by atoms with van der Waals surface area (Å²) in [6, 6.07) is 3.91. The minimum absolute atomic E-state index is 0.0474. The lowest BCUT2D eigenvalue weighted by Crippen LogP contribution is -2.52. The summed E-state index contributed by atoms with van der Waals surface area (Å²) in [6.45, 7) is 24.7. The number of esters is 1. The van der Waals surface area contributed by atoms with Crippen molar-refractivity contribution in [3.05, 3.63) is 23.8 Å². The van der Waals surface area contributed by atoms with Crippen LogP contribution < -0.4 is 37.1 Å². The van der Waals surface area contributed by atoms with E-state index in [1.165, 1.54) is 19.1 Å². The third-order valence-corrected chi connectivity index (χ3v) is 6.38. The van der Waals surface area contributed by atoms with Gasteiger partial charge in [0.2, 0.25) is 29.9 Å². The van der Waals surface area contributed by atoms with Crippen LogP contribution in [-0.2, 0) is 40.1 Å². The van der Waals surface area contributed by atoms with Crippen LogP contribution in [0.4, 0.5) is 5.69 Å². The Hall–Kier alpha value is -3.79. The van der Waals surface area contributed by atoms with Crippen LogP contribution in [0.1, 0.15) is 108 Å². The third kappa shape index (κ3) is 22.9. The van der Waals surface area contributed by atoms with Crippen molar-refractivity contribution in [3.8, 4) is 5.75 Å². The Morgan fingerprint density at radius 1 is 0.904 bits per heavy atom. The molecule has 2 rings (SSSR count). The van der Waals surface area contributed by atoms with E-state index in [0.717, 1.165) is 0 Å². The summed E-state index contributed by atoms with van der Waals surface area (Å²) in [7, 11) is 0. The molecule has 1 aliphatic rings. The SMILES string of the molecule is CC.CC.CC.CC.CC(=O)OCc1ccc(NC(=O)CNC(=O)C(NC(=O)CNC(C)C)C(C)C)c(OC2CC(O)CC(C(=O)NCCN)O2)c1. The molecular formula is C37H70N6O9. The standard InChI is InChI=1S/C29H46N6O9.4C2H6/c1-16(2)27(35-25(39)13-32-17(3)4)29(41)33-14-24(38)34-21-7-6-19(15-42-18(5)36)10-22(21)43-26-12-20(37)11-23(44-26)28(40)31-9-8-30;4*1-2/h6-7,10,16-17,20,23,26-27,32,37H,8-9,11-15,30H2,1-5H3,(H,31,40)(H,33,41)(H,34,38)(H,35,39);4*1-2H3. The maximum Gasteiger partial charge on any atom is 0.302 e. The summed E-state index contributed by atoms with van der Waals surface area (Å²) in [5.74, 6) is -2.50. The molecular weight excluding hydrogens is 672 g/mol. The Labute approximate surface area is 312 Å². The molecule has 1 aromatic rings. The van der Waals surface area contributed by atoms with E-state index in [1.807, 2.05) is 69.2 Å². The van der Waals surface area contributed by atoms with Crippen molar-refractivity contribution in [1.82, 2.24) is 21.3 Å². The molecule has 4 unspecified atom stereocenters. The highest BCUT2D eigenvalue weighted by atomic mass is 16.7. The van der Waals surface area contributed by atoms with E-state index in [9.17, 15) is 29.1 Å². The molecule has 0 saturated carbocycles. The van der Waals surface area contributed by atoms with E-state index in [2.05, 4.69) is 26.6 Å². The molecule has 15 nitrogen and oxygen atoms in total. The Kier molecular flexibility index (Phi) is 32.3. The highest BCUT2D eigenvalue weighted by molar-refractivity contribution is 5.97. The molecule has 0 aromatic heterocycles. The van der Waals surface area contributed by atoms with Crippen molar-refractivity contribution in [2.45, 2.75) is 140 Å². The molecule has 15 heteroatoms. The number of anilines is 1. The fraction of sp³-hybridized carbons (Fsp3) is 0.703. The van der Waals surface area contributed by atoms with Gasteiger partial charge in [-0.25, -0.2) is 0 Å². The fourth-order valence-electron chi connectivity index (χ4n) is 4.13. The van der Waals surface area contributed by atoms with Crippen LogP contribution in [0.5, 0.6) is 5.75 Å². The zero-order valence-corrected chi connectivity index (χ0v) is 33.9. The second-order valence-corrected chi connectivity index (χ2v) is 11.1. The van der Waals surface area contributed by atoms with Crippen molar-refractivity contribution >= 4 is 35.3 Å². The van der Waals surface area contributed by atoms with Gasteiger partial charge in [-0.3, -0.25) is 24.0 Å². The summed E-state index contributed by atoms with van der Waals surface area (Å²) >= 11 is 0. The van der Waals surface area contributed by atoms with Crippen LogP contribution in [-0.4, -0.2) is 91.5 Å². The molecule has 52 heavy (non-hydrogen) atoms. The molecule has 0 radical (unpaired) electrons. The number of hydrogen-bond donors (Lipinski definition) is 7. The van der Waals surface area contributed by atoms with Crippen molar-refractivity contribution in [3.63, 3.8) is 0 Å². The number of carbonyl (C=O) groups excluding carboxylic acids is 5. The van der Waals surface area contributed by atoms with Gasteiger partial charge in [0, 0.05) is 38.9 Å². The van der Waals surface area contributed by atoms with Gasteiger partial charge in [-0.2, -0.15) is 0 Å². The first-order chi connectivity index (χ1) is 24.8. The molecule has 1 aromatic carbocycles. The number of amides is 4. The number of hydrogen-bond acceptors (Lipinski definition) is 11. The van der Waals surface area contributed by atoms with Crippen molar-refractivity contribution in [2.75, 3.05) is 31.5 Å². The van der Waals surface area contributed by atoms with Crippen LogP contribution in [0.3, 0.4) is 0 Å². The Balaban J connectivity index is -0.00000280. The molecule has 1 saturated heterocycles. The van der Waals surface area contributed by atoms with Gasteiger partial charge >= 0.3 is 5.97 Å². The second kappa shape index (κ2) is 31.9. The predicted molar refractivity (Wildman–Crippen MR) is 205 cm³/mol. The maximum absolute atomic E-state index is 12.9. The number of nitrogens with two attached hydrogens (primary N) is 1. The summed E-state index contributed by atoms with van der Waals surface area (Å²) in [4.78, 5) is 61.7. The first kappa shape index (κ1) is 52.6. The van der Waals surface area contributed by atoms with Crippen LogP contribution in [0, 0.1) is 5.92 Å². The normalized spacial score (nSPS) is 16.3. The molecule has 1 fully saturated rings. The topological polar surface area (TPSA) is 219 Å². The molecule has 1 aliphatic heterocycles. The van der Waals surface area contributed by atoms with Gasteiger partial charge in [-0.15, -0.1) is 0 Å². The van der Waals surface area contributed by atoms with Crippen LogP contribution in [0.25, 0.3) is 0 Å². The molecule has 8 N–H and O–H groups in total. The number of aliphatic hydroxyl groups excluding tert-OH is 1. The maximum atomic E-state index is 12.9. The van der Waals surface area contributed by atoms with E-state index in [0.29, 0.717) is 5.56 Å². The van der Waals surface area contributed by atoms with Crippen LogP contribution in [0.15, 0.2) is 18.2 Å². The third-order valence-electron chi connectivity index (χ3n) is 6.38. The first-order valence-corrected chi connectivity index (χ1v) is 18.6. The van der Waals surface area contributed by atoms with Crippen LogP contribution in [0.2, 0.25) is 0 Å². The summed E-state index contributed by atoms with van der Waals surface area (Å²) < 4.78 is 16.8. The molecule has 0 aliphatic carbocycles. The second-order valence-electron chi connectivity index (χ2n) is 11.1. The lowest BCUT2D eigenvalue weighted by Gasteiger charge is -2.32. The van der Waals surface area contributed by atoms with Gasteiger partial charge in [0.15, 0.2) is 0 Å². The minimum atomic E-state index is -1.05. The lowest BCUT2D eigenvalue weighted by atomic mass is 10.0. The number of rotatable bonds is 16. The van der Waals surface area contributed by atoms with Crippen LogP contribution >= 0.6 is 0 Å². The molecule has 4 atom stereocenters. The van der Waals surface area contributed by atoms with E-state index < -0.39 is 54.8 Å². The molecule has 0 spiro atoms. The molecule has 0 bridgehead atoms. The zero-order valence-electron chi connectivity index (χ0n) is 33.9. The Morgan fingerprint density at radius 2 is 1.52 bits per heavy atom. The number of benzene rings is 1. The van der Waals surface area contributed by atoms with Gasteiger partial charge in [0.05, 0.1) is 24.9 Å². The monoisotopic (exact) mass is 743 g/mol. The zero-order chi connectivity index (χ0) is 40.8. The highest BCUT2D eigenvalue weighted by Crippen LogP contribution is 2.31. The van der Waals surface area contributed by atoms with Gasteiger partial charge < -0.3 is 51.6 Å². The number of aliphatic hydroxyl groups is 1. The largest absolute Gasteiger partial charge is 0.463 e. The lowest BCUT2D eigenvalue weighted by molar-refractivity contribution is -0.184. The van der Waals surface area contributed by atoms with E-state index in [-0.39, 0.29) is 68.4 Å². The fourth-order valence-corrected chi connectivity index (χ4v) is 4.13. The molecule has 302 valence electrons. The van der Waals surface area contributed by atoms with Gasteiger partial charge in [0.25, 0.3) is 0 Å². The van der Waals surface area contributed by atoms with Crippen molar-refractivity contribution in [1.29, 1.82) is 0 Å². The smallest absolute Gasteiger partial charge is 0.302 e. The number of ether oxygens (including phenoxy) is 3. The quantitative estimate of drug-likeness (QED) is 0.122. The first-order valence-electron chi connectivity index (χ1n) is 18.6. The van der Waals surface area contributed by atoms with E-state index in [4.69, 9.17) is 19.9 Å². The summed E-state index contributed by atoms with van der Waals surface area (Å²) in [5, 5.41) is 23.9. The summed E-state index contributed by atoms with van der Waals surface area (Å²) in [6.07, 6.45) is -2.81. The highest BCUT2D eigenvalue weighted by Gasteiger charge is 2.34. The average Bonchev–Trinajstić information content (AvgIpc) is 3.13. The number of carbonyl (C=O) groups is 5. The molecule has 4 amide bonds. The molecule has 1 heterocycles. The van der Waals surface area contributed by atoms with Gasteiger partial charge in [-0.1, -0.05) is 89.2 Å².